The average Bonchev–Trinajstić information content (AvgIpc) is 2.09. The average molecular weight is 240 g/mol. The Morgan fingerprint density at radius 1 is 1.46 bits per heavy atom. The Kier molecular flexibility index (Phi) is 3.87. The predicted molar refractivity (Wildman–Crippen MR) is 55.4 cm³/mol. The number of halogens is 1. The molecule has 0 saturated carbocycles. The minimum Gasteiger partial charge on any atom is -0.211 e. The molecule has 0 N–H and O–H groups in total. The van der Waals surface area contributed by atoms with Crippen molar-refractivity contribution in [3.05, 3.63) is 34.3 Å². The number of rotatable bonds is 3. The Hall–Kier alpha value is -0.920. The molecular weight excluding hydrogens is 230 g/mol. The maximum Gasteiger partial charge on any atom is 0.235 e. The van der Waals surface area contributed by atoms with E-state index >= 15 is 0 Å². The quantitative estimate of drug-likeness (QED) is 0.590. The molecule has 3 heteroatoms. The summed E-state index contributed by atoms with van der Waals surface area (Å²) in [7, 11) is 0. The van der Waals surface area contributed by atoms with E-state index < -0.39 is 0 Å². The standard InChI is InChI=1S/C10H10BrNO/c1-8(12-7-13)6-9-2-4-10(11)5-3-9/h2-5,8H,6H2,1H3/t8-/m0/s1. The number of hydrogen-bond donors (Lipinski definition) is 0. The lowest BCUT2D eigenvalue weighted by atomic mass is 10.1. The van der Waals surface area contributed by atoms with E-state index in [1.807, 2.05) is 31.2 Å². The van der Waals surface area contributed by atoms with Crippen LogP contribution in [0.3, 0.4) is 0 Å². The number of isocyanates is 1. The van der Waals surface area contributed by atoms with Crippen LogP contribution in [0.2, 0.25) is 0 Å². The molecule has 0 saturated heterocycles. The fraction of sp³-hybridized carbons (Fsp3) is 0.300. The van der Waals surface area contributed by atoms with E-state index in [2.05, 4.69) is 20.9 Å². The fourth-order valence-electron chi connectivity index (χ4n) is 1.10. The molecule has 0 bridgehead atoms. The van der Waals surface area contributed by atoms with E-state index in [4.69, 9.17) is 0 Å². The van der Waals surface area contributed by atoms with Crippen molar-refractivity contribution in [2.75, 3.05) is 0 Å². The summed E-state index contributed by atoms with van der Waals surface area (Å²) in [5.74, 6) is 0. The summed E-state index contributed by atoms with van der Waals surface area (Å²) in [6, 6.07) is 8.00. The van der Waals surface area contributed by atoms with E-state index in [1.54, 1.807) is 6.08 Å². The Morgan fingerprint density at radius 3 is 2.62 bits per heavy atom. The van der Waals surface area contributed by atoms with Gasteiger partial charge in [-0.3, -0.25) is 0 Å². The van der Waals surface area contributed by atoms with Gasteiger partial charge in [0.25, 0.3) is 0 Å². The minimum atomic E-state index is 0.0127. The lowest BCUT2D eigenvalue weighted by Gasteiger charge is -2.03. The highest BCUT2D eigenvalue weighted by Crippen LogP contribution is 2.12. The molecule has 1 atom stereocenters. The summed E-state index contributed by atoms with van der Waals surface area (Å²) in [6.07, 6.45) is 2.35. The summed E-state index contributed by atoms with van der Waals surface area (Å²) in [5.41, 5.74) is 1.18. The summed E-state index contributed by atoms with van der Waals surface area (Å²) >= 11 is 3.36. The Balaban J connectivity index is 2.64. The topological polar surface area (TPSA) is 29.4 Å². The van der Waals surface area contributed by atoms with Crippen LogP contribution in [0.4, 0.5) is 0 Å². The van der Waals surface area contributed by atoms with Crippen molar-refractivity contribution in [3.8, 4) is 0 Å². The van der Waals surface area contributed by atoms with Crippen LogP contribution in [0, 0.1) is 0 Å². The van der Waals surface area contributed by atoms with Gasteiger partial charge in [-0.05, 0) is 31.0 Å². The van der Waals surface area contributed by atoms with Crippen LogP contribution in [0.15, 0.2) is 33.7 Å². The molecular formula is C10H10BrNO. The number of hydrogen-bond acceptors (Lipinski definition) is 2. The van der Waals surface area contributed by atoms with Gasteiger partial charge in [-0.2, -0.15) is 0 Å². The summed E-state index contributed by atoms with van der Waals surface area (Å²) in [4.78, 5) is 13.6. The van der Waals surface area contributed by atoms with Gasteiger partial charge in [0.15, 0.2) is 0 Å². The van der Waals surface area contributed by atoms with E-state index in [0.29, 0.717) is 0 Å². The zero-order valence-corrected chi connectivity index (χ0v) is 8.91. The second kappa shape index (κ2) is 4.95. The van der Waals surface area contributed by atoms with Crippen molar-refractivity contribution in [1.82, 2.24) is 0 Å². The van der Waals surface area contributed by atoms with Gasteiger partial charge >= 0.3 is 0 Å². The molecule has 1 aromatic carbocycles. The van der Waals surface area contributed by atoms with Crippen LogP contribution in [0.25, 0.3) is 0 Å². The first kappa shape index (κ1) is 10.2. The van der Waals surface area contributed by atoms with E-state index in [9.17, 15) is 4.79 Å². The van der Waals surface area contributed by atoms with Gasteiger partial charge in [0, 0.05) is 4.47 Å². The molecule has 2 nitrogen and oxygen atoms in total. The molecule has 13 heavy (non-hydrogen) atoms. The van der Waals surface area contributed by atoms with Gasteiger partial charge in [-0.1, -0.05) is 28.1 Å². The maximum atomic E-state index is 9.96. The molecule has 0 heterocycles. The largest absolute Gasteiger partial charge is 0.235 e. The van der Waals surface area contributed by atoms with Crippen LogP contribution < -0.4 is 0 Å². The van der Waals surface area contributed by atoms with Gasteiger partial charge in [0.1, 0.15) is 0 Å². The van der Waals surface area contributed by atoms with Crippen LogP contribution in [0.1, 0.15) is 12.5 Å². The molecule has 0 fully saturated rings. The molecule has 0 radical (unpaired) electrons. The maximum absolute atomic E-state index is 9.96. The zero-order valence-electron chi connectivity index (χ0n) is 7.33. The monoisotopic (exact) mass is 239 g/mol. The highest BCUT2D eigenvalue weighted by Gasteiger charge is 2.00. The number of carbonyl (C=O) groups excluding carboxylic acids is 1. The minimum absolute atomic E-state index is 0.0127. The third-order valence-electron chi connectivity index (χ3n) is 1.72. The smallest absolute Gasteiger partial charge is 0.211 e. The van der Waals surface area contributed by atoms with Crippen molar-refractivity contribution in [3.63, 3.8) is 0 Å². The second-order valence-corrected chi connectivity index (χ2v) is 3.82. The molecule has 0 aromatic heterocycles. The van der Waals surface area contributed by atoms with Gasteiger partial charge in [-0.15, -0.1) is 0 Å². The first-order valence-electron chi connectivity index (χ1n) is 4.04. The van der Waals surface area contributed by atoms with Crippen molar-refractivity contribution in [2.45, 2.75) is 19.4 Å². The van der Waals surface area contributed by atoms with Crippen LogP contribution in [0.5, 0.6) is 0 Å². The van der Waals surface area contributed by atoms with Crippen molar-refractivity contribution < 1.29 is 4.79 Å². The third-order valence-corrected chi connectivity index (χ3v) is 2.25. The number of nitrogens with zero attached hydrogens (tertiary/aromatic N) is 1. The van der Waals surface area contributed by atoms with Crippen molar-refractivity contribution in [1.29, 1.82) is 0 Å². The molecule has 0 unspecified atom stereocenters. The first-order valence-corrected chi connectivity index (χ1v) is 4.83. The van der Waals surface area contributed by atoms with E-state index in [0.717, 1.165) is 10.9 Å². The van der Waals surface area contributed by atoms with Gasteiger partial charge in [0.2, 0.25) is 6.08 Å². The zero-order chi connectivity index (χ0) is 9.68. The van der Waals surface area contributed by atoms with E-state index in [1.165, 1.54) is 5.56 Å². The fourth-order valence-corrected chi connectivity index (χ4v) is 1.36. The molecule has 0 aliphatic heterocycles. The molecule has 1 rings (SSSR count). The van der Waals surface area contributed by atoms with E-state index in [-0.39, 0.29) is 6.04 Å². The molecule has 0 aliphatic rings. The number of benzene rings is 1. The first-order chi connectivity index (χ1) is 6.22. The summed E-state index contributed by atoms with van der Waals surface area (Å²) in [6.45, 7) is 1.90. The predicted octanol–water partition coefficient (Wildman–Crippen LogP) is 2.72. The molecule has 0 amide bonds. The second-order valence-electron chi connectivity index (χ2n) is 2.90. The highest BCUT2D eigenvalue weighted by molar-refractivity contribution is 9.10. The Labute approximate surface area is 85.8 Å². The van der Waals surface area contributed by atoms with Crippen LogP contribution in [-0.4, -0.2) is 12.1 Å². The van der Waals surface area contributed by atoms with Crippen molar-refractivity contribution in [2.24, 2.45) is 4.99 Å². The lowest BCUT2D eigenvalue weighted by Crippen LogP contribution is -2.01. The summed E-state index contributed by atoms with van der Waals surface area (Å²) in [5, 5.41) is 0. The highest BCUT2D eigenvalue weighted by atomic mass is 79.9. The van der Waals surface area contributed by atoms with Gasteiger partial charge < -0.3 is 0 Å². The third kappa shape index (κ3) is 3.53. The van der Waals surface area contributed by atoms with Crippen molar-refractivity contribution >= 4 is 22.0 Å². The SMILES string of the molecule is C[C@@H](Cc1ccc(Br)cc1)N=C=O. The Bertz CT molecular complexity index is 314. The normalized spacial score (nSPS) is 11.8. The Morgan fingerprint density at radius 2 is 2.08 bits per heavy atom. The molecule has 1 aromatic rings. The molecule has 68 valence electrons. The van der Waals surface area contributed by atoms with Gasteiger partial charge in [0.05, 0.1) is 6.04 Å². The lowest BCUT2D eigenvalue weighted by molar-refractivity contribution is 0.558. The number of aliphatic imine (C=N–C) groups is 1. The molecule has 0 spiro atoms. The molecule has 0 aliphatic carbocycles. The van der Waals surface area contributed by atoms with Crippen LogP contribution >= 0.6 is 15.9 Å². The summed E-state index contributed by atoms with van der Waals surface area (Å²) < 4.78 is 1.06. The van der Waals surface area contributed by atoms with Crippen LogP contribution in [-0.2, 0) is 11.2 Å². The van der Waals surface area contributed by atoms with Gasteiger partial charge in [-0.25, -0.2) is 9.79 Å².